The van der Waals surface area contributed by atoms with E-state index in [-0.39, 0.29) is 0 Å². The number of hydrogen-bond acceptors (Lipinski definition) is 2. The average molecular weight is 420 g/mol. The van der Waals surface area contributed by atoms with Gasteiger partial charge in [-0.3, -0.25) is 9.97 Å². The van der Waals surface area contributed by atoms with Crippen molar-refractivity contribution in [1.82, 2.24) is 9.97 Å². The summed E-state index contributed by atoms with van der Waals surface area (Å²) < 4.78 is 38.4. The molecule has 158 valence electrons. The van der Waals surface area contributed by atoms with Crippen LogP contribution in [0.15, 0.2) is 60.7 Å². The zero-order valence-electron chi connectivity index (χ0n) is 17.7. The van der Waals surface area contributed by atoms with Gasteiger partial charge in [-0.25, -0.2) is 0 Å². The first-order valence-electron chi connectivity index (χ1n) is 10.2. The van der Waals surface area contributed by atoms with E-state index in [2.05, 4.69) is 29.2 Å². The van der Waals surface area contributed by atoms with Crippen molar-refractivity contribution in [3.05, 3.63) is 106 Å². The van der Waals surface area contributed by atoms with Gasteiger partial charge in [-0.05, 0) is 92.3 Å². The second kappa shape index (κ2) is 8.14. The largest absolute Gasteiger partial charge is 0.416 e. The maximum atomic E-state index is 12.8. The molecule has 0 aliphatic heterocycles. The lowest BCUT2D eigenvalue weighted by Gasteiger charge is -2.11. The van der Waals surface area contributed by atoms with E-state index in [1.54, 1.807) is 0 Å². The highest BCUT2D eigenvalue weighted by molar-refractivity contribution is 5.80. The Labute approximate surface area is 179 Å². The Hall–Kier alpha value is -3.21. The predicted octanol–water partition coefficient (Wildman–Crippen LogP) is 6.76. The van der Waals surface area contributed by atoms with Crippen LogP contribution in [-0.4, -0.2) is 9.97 Å². The van der Waals surface area contributed by atoms with E-state index in [0.717, 1.165) is 57.7 Å². The van der Waals surface area contributed by atoms with Crippen LogP contribution in [0, 0.1) is 20.8 Å². The Morgan fingerprint density at radius 3 is 2.00 bits per heavy atom. The molecule has 4 aromatic rings. The number of halogens is 3. The average Bonchev–Trinajstić information content (AvgIpc) is 2.71. The molecule has 5 heteroatoms. The predicted molar refractivity (Wildman–Crippen MR) is 117 cm³/mol. The van der Waals surface area contributed by atoms with Crippen molar-refractivity contribution in [3.8, 4) is 0 Å². The van der Waals surface area contributed by atoms with Crippen molar-refractivity contribution in [1.29, 1.82) is 0 Å². The molecule has 0 radical (unpaired) electrons. The van der Waals surface area contributed by atoms with Gasteiger partial charge in [0.15, 0.2) is 0 Å². The maximum Gasteiger partial charge on any atom is 0.416 e. The molecule has 2 nitrogen and oxygen atoms in total. The number of hydrogen-bond donors (Lipinski definition) is 0. The fraction of sp³-hybridized carbons (Fsp3) is 0.231. The summed E-state index contributed by atoms with van der Waals surface area (Å²) in [5.74, 6) is 0. The van der Waals surface area contributed by atoms with Crippen LogP contribution in [-0.2, 0) is 19.0 Å². The van der Waals surface area contributed by atoms with Gasteiger partial charge in [0.2, 0.25) is 0 Å². The van der Waals surface area contributed by atoms with E-state index in [4.69, 9.17) is 4.98 Å². The zero-order valence-corrected chi connectivity index (χ0v) is 17.7. The lowest BCUT2D eigenvalue weighted by atomic mass is 9.98. The smallest absolute Gasteiger partial charge is 0.258 e. The van der Waals surface area contributed by atoms with Crippen LogP contribution in [0.1, 0.15) is 44.9 Å². The number of alkyl halides is 3. The molecule has 0 aliphatic rings. The SMILES string of the molecule is Cc1ccc(Cc2ccc3nc(C)c(Cc4ccc(C(F)(F)F)cc4)cc3c2)c(C)n1. The van der Waals surface area contributed by atoms with Gasteiger partial charge in [-0.15, -0.1) is 0 Å². The summed E-state index contributed by atoms with van der Waals surface area (Å²) >= 11 is 0. The minimum Gasteiger partial charge on any atom is -0.258 e. The van der Waals surface area contributed by atoms with Crippen LogP contribution in [0.25, 0.3) is 10.9 Å². The number of nitrogens with zero attached hydrogens (tertiary/aromatic N) is 2. The number of fused-ring (bicyclic) bond motifs is 1. The fourth-order valence-electron chi connectivity index (χ4n) is 3.81. The molecule has 0 N–H and O–H groups in total. The Morgan fingerprint density at radius 1 is 0.677 bits per heavy atom. The first-order valence-corrected chi connectivity index (χ1v) is 10.2. The summed E-state index contributed by atoms with van der Waals surface area (Å²) in [5.41, 5.74) is 7.41. The molecule has 2 heterocycles. The highest BCUT2D eigenvalue weighted by Crippen LogP contribution is 2.30. The number of benzene rings is 2. The molecule has 0 fully saturated rings. The first-order chi connectivity index (χ1) is 14.7. The molecule has 2 aromatic heterocycles. The van der Waals surface area contributed by atoms with Gasteiger partial charge in [0.05, 0.1) is 11.1 Å². The van der Waals surface area contributed by atoms with Crippen molar-refractivity contribution >= 4 is 10.9 Å². The van der Waals surface area contributed by atoms with Gasteiger partial charge >= 0.3 is 6.18 Å². The molecule has 0 unspecified atom stereocenters. The second-order valence-electron chi connectivity index (χ2n) is 8.01. The number of aromatic nitrogens is 2. The van der Waals surface area contributed by atoms with Crippen LogP contribution < -0.4 is 0 Å². The number of rotatable bonds is 4. The third kappa shape index (κ3) is 4.76. The lowest BCUT2D eigenvalue weighted by Crippen LogP contribution is -2.04. The highest BCUT2D eigenvalue weighted by Gasteiger charge is 2.29. The van der Waals surface area contributed by atoms with Crippen LogP contribution in [0.3, 0.4) is 0 Å². The minimum absolute atomic E-state index is 0.540. The van der Waals surface area contributed by atoms with Gasteiger partial charge in [0, 0.05) is 22.5 Å². The van der Waals surface area contributed by atoms with E-state index < -0.39 is 11.7 Å². The molecular formula is C26H23F3N2. The Balaban J connectivity index is 1.62. The monoisotopic (exact) mass is 420 g/mol. The second-order valence-corrected chi connectivity index (χ2v) is 8.01. The molecule has 31 heavy (non-hydrogen) atoms. The Bertz CT molecular complexity index is 1240. The van der Waals surface area contributed by atoms with Crippen molar-refractivity contribution in [2.75, 3.05) is 0 Å². The third-order valence-electron chi connectivity index (χ3n) is 5.58. The molecule has 0 atom stereocenters. The van der Waals surface area contributed by atoms with Crippen molar-refractivity contribution in [2.45, 2.75) is 39.8 Å². The molecular weight excluding hydrogens is 397 g/mol. The minimum atomic E-state index is -4.32. The third-order valence-corrected chi connectivity index (χ3v) is 5.58. The summed E-state index contributed by atoms with van der Waals surface area (Å²) in [7, 11) is 0. The van der Waals surface area contributed by atoms with Crippen LogP contribution >= 0.6 is 0 Å². The molecule has 2 aromatic carbocycles. The molecule has 0 bridgehead atoms. The summed E-state index contributed by atoms with van der Waals surface area (Å²) in [4.78, 5) is 9.26. The molecule has 4 rings (SSSR count). The highest BCUT2D eigenvalue weighted by atomic mass is 19.4. The molecule has 0 saturated carbocycles. The van der Waals surface area contributed by atoms with Gasteiger partial charge in [-0.2, -0.15) is 13.2 Å². The summed E-state index contributed by atoms with van der Waals surface area (Å²) in [5, 5.41) is 1.03. The standard InChI is InChI=1S/C26H23F3N2/c1-16-4-8-21(17(2)30-16)13-20-7-11-25-23(14-20)15-22(18(3)31-25)12-19-5-9-24(10-6-19)26(27,28)29/h4-11,14-15H,12-13H2,1-3H3. The topological polar surface area (TPSA) is 25.8 Å². The van der Waals surface area contributed by atoms with E-state index in [1.807, 2.05) is 32.9 Å². The Morgan fingerprint density at radius 2 is 1.32 bits per heavy atom. The molecule has 0 amide bonds. The van der Waals surface area contributed by atoms with Crippen LogP contribution in [0.4, 0.5) is 13.2 Å². The summed E-state index contributed by atoms with van der Waals surface area (Å²) in [6, 6.07) is 17.8. The maximum absolute atomic E-state index is 12.8. The lowest BCUT2D eigenvalue weighted by molar-refractivity contribution is -0.137. The quantitative estimate of drug-likeness (QED) is 0.365. The number of pyridine rings is 2. The summed E-state index contributed by atoms with van der Waals surface area (Å²) in [6.45, 7) is 5.95. The van der Waals surface area contributed by atoms with Crippen LogP contribution in [0.5, 0.6) is 0 Å². The Kier molecular flexibility index (Phi) is 5.52. The number of aryl methyl sites for hydroxylation is 3. The van der Waals surface area contributed by atoms with Crippen LogP contribution in [0.2, 0.25) is 0 Å². The van der Waals surface area contributed by atoms with E-state index in [9.17, 15) is 13.2 Å². The van der Waals surface area contributed by atoms with E-state index >= 15 is 0 Å². The van der Waals surface area contributed by atoms with E-state index in [0.29, 0.717) is 6.42 Å². The van der Waals surface area contributed by atoms with Gasteiger partial charge in [0.1, 0.15) is 0 Å². The van der Waals surface area contributed by atoms with Crippen molar-refractivity contribution in [2.24, 2.45) is 0 Å². The van der Waals surface area contributed by atoms with Crippen molar-refractivity contribution in [3.63, 3.8) is 0 Å². The molecule has 0 aliphatic carbocycles. The molecule has 0 spiro atoms. The van der Waals surface area contributed by atoms with Gasteiger partial charge in [0.25, 0.3) is 0 Å². The first kappa shape index (κ1) is 21.0. The normalized spacial score (nSPS) is 11.8. The fourth-order valence-corrected chi connectivity index (χ4v) is 3.81. The summed E-state index contributed by atoms with van der Waals surface area (Å²) in [6.07, 6.45) is -2.99. The van der Waals surface area contributed by atoms with Gasteiger partial charge < -0.3 is 0 Å². The van der Waals surface area contributed by atoms with Crippen molar-refractivity contribution < 1.29 is 13.2 Å². The molecule has 0 saturated heterocycles. The van der Waals surface area contributed by atoms with E-state index in [1.165, 1.54) is 23.3 Å². The zero-order chi connectivity index (χ0) is 22.2. The van der Waals surface area contributed by atoms with Gasteiger partial charge in [-0.1, -0.05) is 24.3 Å².